The molecule has 1 saturated carbocycles. The van der Waals surface area contributed by atoms with Crippen LogP contribution in [-0.2, 0) is 6.54 Å². The van der Waals surface area contributed by atoms with E-state index in [0.717, 1.165) is 24.5 Å². The molecule has 0 N–H and O–H groups in total. The van der Waals surface area contributed by atoms with Crippen molar-refractivity contribution in [1.82, 2.24) is 9.55 Å². The summed E-state index contributed by atoms with van der Waals surface area (Å²) < 4.78 is 30.3. The van der Waals surface area contributed by atoms with Crippen molar-refractivity contribution in [2.45, 2.75) is 38.6 Å². The highest BCUT2D eigenvalue weighted by molar-refractivity contribution is 6.30. The number of nitrogens with zero attached hydrogens (tertiary/aromatic N) is 3. The molecular weight excluding hydrogens is 464 g/mol. The van der Waals surface area contributed by atoms with Gasteiger partial charge in [-0.3, -0.25) is 0 Å². The number of aromatic nitrogens is 2. The standard InChI is InChI=1S/C29H22ClF2N3/c30-23-12-13-24(21(14-23)11-10-20-8-4-5-9-22(20)17-33)29-34-27-15-25(31)26(32)16-28(27)35(29)18-19-6-2-1-3-7-19/h4-5,8-9,12-16,19H,1-3,6-7,18H2. The highest BCUT2D eigenvalue weighted by Crippen LogP contribution is 2.33. The van der Waals surface area contributed by atoms with Gasteiger partial charge >= 0.3 is 0 Å². The van der Waals surface area contributed by atoms with Crippen molar-refractivity contribution in [1.29, 1.82) is 5.26 Å². The second-order valence-corrected chi connectivity index (χ2v) is 9.34. The van der Waals surface area contributed by atoms with Crippen LogP contribution in [0.4, 0.5) is 8.78 Å². The number of nitriles is 1. The Morgan fingerprint density at radius 2 is 1.63 bits per heavy atom. The normalized spacial score (nSPS) is 13.9. The Morgan fingerprint density at radius 1 is 0.914 bits per heavy atom. The van der Waals surface area contributed by atoms with Crippen molar-refractivity contribution in [3.63, 3.8) is 0 Å². The first-order valence-electron chi connectivity index (χ1n) is 11.7. The molecule has 35 heavy (non-hydrogen) atoms. The van der Waals surface area contributed by atoms with Gasteiger partial charge in [0.1, 0.15) is 11.9 Å². The number of imidazole rings is 1. The molecule has 0 aliphatic heterocycles. The van der Waals surface area contributed by atoms with Crippen molar-refractivity contribution in [2.75, 3.05) is 0 Å². The van der Waals surface area contributed by atoms with E-state index in [2.05, 4.69) is 17.9 Å². The van der Waals surface area contributed by atoms with Gasteiger partial charge in [-0.25, -0.2) is 13.8 Å². The molecule has 3 aromatic carbocycles. The average Bonchev–Trinajstić information content (AvgIpc) is 3.20. The lowest BCUT2D eigenvalue weighted by molar-refractivity contribution is 0.323. The Bertz CT molecular complexity index is 1510. The lowest BCUT2D eigenvalue weighted by atomic mass is 9.89. The minimum Gasteiger partial charge on any atom is -0.324 e. The molecule has 4 aromatic rings. The minimum absolute atomic E-state index is 0.401. The molecule has 0 bridgehead atoms. The fraction of sp³-hybridized carbons (Fsp3) is 0.241. The molecule has 1 fully saturated rings. The van der Waals surface area contributed by atoms with Crippen molar-refractivity contribution in [3.8, 4) is 29.3 Å². The van der Waals surface area contributed by atoms with E-state index in [1.165, 1.54) is 25.3 Å². The molecule has 1 heterocycles. The van der Waals surface area contributed by atoms with Crippen molar-refractivity contribution >= 4 is 22.6 Å². The summed E-state index contributed by atoms with van der Waals surface area (Å²) in [6, 6.07) is 17.0. The maximum Gasteiger partial charge on any atom is 0.161 e. The topological polar surface area (TPSA) is 41.6 Å². The van der Waals surface area contributed by atoms with Gasteiger partial charge in [-0.2, -0.15) is 5.26 Å². The molecule has 1 aliphatic rings. The van der Waals surface area contributed by atoms with Gasteiger partial charge in [-0.05, 0) is 49.1 Å². The molecular formula is C29H22ClF2N3. The molecule has 0 atom stereocenters. The predicted molar refractivity (Wildman–Crippen MR) is 134 cm³/mol. The van der Waals surface area contributed by atoms with E-state index in [4.69, 9.17) is 16.6 Å². The molecule has 0 saturated heterocycles. The van der Waals surface area contributed by atoms with E-state index in [0.29, 0.717) is 51.0 Å². The molecule has 6 heteroatoms. The summed E-state index contributed by atoms with van der Waals surface area (Å²) in [6.45, 7) is 0.670. The summed E-state index contributed by atoms with van der Waals surface area (Å²) in [5.74, 6) is 5.47. The fourth-order valence-corrected chi connectivity index (χ4v) is 4.95. The fourth-order valence-electron chi connectivity index (χ4n) is 4.78. The highest BCUT2D eigenvalue weighted by Gasteiger charge is 2.22. The Labute approximate surface area is 208 Å². The lowest BCUT2D eigenvalue weighted by Crippen LogP contribution is -2.15. The number of hydrogen-bond donors (Lipinski definition) is 0. The van der Waals surface area contributed by atoms with Gasteiger partial charge in [0.2, 0.25) is 0 Å². The van der Waals surface area contributed by atoms with E-state index in [-0.39, 0.29) is 0 Å². The van der Waals surface area contributed by atoms with Gasteiger partial charge in [0.05, 0.1) is 16.6 Å². The molecule has 0 spiro atoms. The van der Waals surface area contributed by atoms with Crippen LogP contribution in [0, 0.1) is 40.7 Å². The van der Waals surface area contributed by atoms with Gasteiger partial charge in [-0.1, -0.05) is 54.8 Å². The summed E-state index contributed by atoms with van der Waals surface area (Å²) in [5, 5.41) is 9.91. The lowest BCUT2D eigenvalue weighted by Gasteiger charge is -2.23. The van der Waals surface area contributed by atoms with Crippen molar-refractivity contribution in [2.24, 2.45) is 5.92 Å². The van der Waals surface area contributed by atoms with Crippen LogP contribution in [0.15, 0.2) is 54.6 Å². The molecule has 5 rings (SSSR count). The van der Waals surface area contributed by atoms with E-state index in [1.54, 1.807) is 30.3 Å². The van der Waals surface area contributed by atoms with Gasteiger partial charge in [0, 0.05) is 40.4 Å². The van der Waals surface area contributed by atoms with Crippen LogP contribution in [0.5, 0.6) is 0 Å². The van der Waals surface area contributed by atoms with Crippen LogP contribution in [-0.4, -0.2) is 9.55 Å². The maximum absolute atomic E-state index is 14.2. The SMILES string of the molecule is N#Cc1ccccc1C#Cc1cc(Cl)ccc1-c1nc2cc(F)c(F)cc2n1CC1CCCCC1. The smallest absolute Gasteiger partial charge is 0.161 e. The number of benzene rings is 3. The molecule has 0 amide bonds. The van der Waals surface area contributed by atoms with Crippen LogP contribution >= 0.6 is 11.6 Å². The van der Waals surface area contributed by atoms with Crippen LogP contribution in [0.3, 0.4) is 0 Å². The van der Waals surface area contributed by atoms with Crippen molar-refractivity contribution < 1.29 is 8.78 Å². The first-order chi connectivity index (χ1) is 17.0. The zero-order chi connectivity index (χ0) is 24.4. The summed E-state index contributed by atoms with van der Waals surface area (Å²) in [5.41, 5.74) is 3.42. The zero-order valence-electron chi connectivity index (χ0n) is 19.0. The third kappa shape index (κ3) is 4.78. The van der Waals surface area contributed by atoms with Crippen molar-refractivity contribution in [3.05, 3.63) is 87.9 Å². The van der Waals surface area contributed by atoms with E-state index in [1.807, 2.05) is 16.7 Å². The second-order valence-electron chi connectivity index (χ2n) is 8.90. The van der Waals surface area contributed by atoms with Crippen LogP contribution < -0.4 is 0 Å². The Balaban J connectivity index is 1.67. The van der Waals surface area contributed by atoms with Crippen LogP contribution in [0.2, 0.25) is 5.02 Å². The maximum atomic E-state index is 14.2. The minimum atomic E-state index is -0.921. The van der Waals surface area contributed by atoms with Gasteiger partial charge in [0.15, 0.2) is 11.6 Å². The highest BCUT2D eigenvalue weighted by atomic mass is 35.5. The monoisotopic (exact) mass is 485 g/mol. The zero-order valence-corrected chi connectivity index (χ0v) is 19.7. The van der Waals surface area contributed by atoms with E-state index < -0.39 is 11.6 Å². The Morgan fingerprint density at radius 3 is 2.40 bits per heavy atom. The molecule has 1 aromatic heterocycles. The summed E-state index contributed by atoms with van der Waals surface area (Å²) in [4.78, 5) is 4.72. The molecule has 3 nitrogen and oxygen atoms in total. The number of rotatable bonds is 3. The number of halogens is 3. The van der Waals surface area contributed by atoms with Crippen LogP contribution in [0.1, 0.15) is 48.8 Å². The molecule has 0 unspecified atom stereocenters. The Hall–Kier alpha value is -3.67. The summed E-state index contributed by atoms with van der Waals surface area (Å²) in [7, 11) is 0. The largest absolute Gasteiger partial charge is 0.324 e. The molecule has 0 radical (unpaired) electrons. The van der Waals surface area contributed by atoms with Gasteiger partial charge in [0.25, 0.3) is 0 Å². The third-order valence-corrected chi connectivity index (χ3v) is 6.79. The van der Waals surface area contributed by atoms with Gasteiger partial charge < -0.3 is 4.57 Å². The first-order valence-corrected chi connectivity index (χ1v) is 12.1. The predicted octanol–water partition coefficient (Wildman–Crippen LogP) is 7.49. The van der Waals surface area contributed by atoms with E-state index >= 15 is 0 Å². The van der Waals surface area contributed by atoms with Crippen LogP contribution in [0.25, 0.3) is 22.4 Å². The van der Waals surface area contributed by atoms with Gasteiger partial charge in [-0.15, -0.1) is 0 Å². The van der Waals surface area contributed by atoms with E-state index in [9.17, 15) is 14.0 Å². The average molecular weight is 486 g/mol. The first kappa shape index (κ1) is 23.1. The summed E-state index contributed by atoms with van der Waals surface area (Å²) >= 11 is 6.31. The third-order valence-electron chi connectivity index (χ3n) is 6.56. The molecule has 174 valence electrons. The number of fused-ring (bicyclic) bond motifs is 1. The molecule has 1 aliphatic carbocycles. The summed E-state index contributed by atoms with van der Waals surface area (Å²) in [6.07, 6.45) is 5.77. The quantitative estimate of drug-likeness (QED) is 0.282. The number of hydrogen-bond acceptors (Lipinski definition) is 2. The second kappa shape index (κ2) is 9.90. The Kier molecular flexibility index (Phi) is 6.53.